The molecule has 0 aliphatic carbocycles. The van der Waals surface area contributed by atoms with Gasteiger partial charge in [0.15, 0.2) is 5.82 Å². The first-order valence-corrected chi connectivity index (χ1v) is 14.4. The second kappa shape index (κ2) is 10.8. The maximum Gasteiger partial charge on any atom is 0.410 e. The lowest BCUT2D eigenvalue weighted by Gasteiger charge is -2.37. The van der Waals surface area contributed by atoms with Crippen molar-refractivity contribution in [3.05, 3.63) is 65.6 Å². The maximum atomic E-state index is 15.9. The van der Waals surface area contributed by atoms with Gasteiger partial charge < -0.3 is 29.2 Å². The average molecular weight is 605 g/mol. The maximum absolute atomic E-state index is 15.9. The fraction of sp³-hybridized carbons (Fsp3) is 0.375. The van der Waals surface area contributed by atoms with Crippen molar-refractivity contribution in [2.24, 2.45) is 7.05 Å². The van der Waals surface area contributed by atoms with Crippen LogP contribution in [0.15, 0.2) is 42.6 Å². The number of nitrogens with one attached hydrogen (secondary N) is 1. The topological polar surface area (TPSA) is 102 Å². The molecule has 44 heavy (non-hydrogen) atoms. The summed E-state index contributed by atoms with van der Waals surface area (Å²) >= 11 is 0. The van der Waals surface area contributed by atoms with Crippen LogP contribution in [0.5, 0.6) is 5.75 Å². The first kappa shape index (κ1) is 29.3. The molecule has 0 unspecified atom stereocenters. The molecule has 2 bridgehead atoms. The van der Waals surface area contributed by atoms with Gasteiger partial charge in [-0.15, -0.1) is 0 Å². The Morgan fingerprint density at radius 2 is 1.84 bits per heavy atom. The van der Waals surface area contributed by atoms with Crippen LogP contribution in [0.4, 0.5) is 25.0 Å². The minimum Gasteiger partial charge on any atom is -0.496 e. The number of benzene rings is 2. The molecule has 2 atom stereocenters. The van der Waals surface area contributed by atoms with E-state index in [-0.39, 0.29) is 40.7 Å². The number of hydrogen-bond acceptors (Lipinski definition) is 7. The molecule has 2 aromatic heterocycles. The van der Waals surface area contributed by atoms with Crippen LogP contribution in [-0.2, 0) is 11.8 Å². The third-order valence-electron chi connectivity index (χ3n) is 8.22. The lowest BCUT2D eigenvalue weighted by atomic mass is 10.1. The van der Waals surface area contributed by atoms with E-state index in [1.54, 1.807) is 11.0 Å². The second-order valence-corrected chi connectivity index (χ2v) is 12.2. The SMILES string of the molecule is COc1cccc(F)c1-c1nccc(C(=O)Nc2ccc3c(nc(C)n3C)c2N2C[C@H]3C[C@@H]2CN3C(=O)OC(C)(C)C)c1F. The number of anilines is 2. The Kier molecular flexibility index (Phi) is 7.17. The largest absolute Gasteiger partial charge is 0.496 e. The average Bonchev–Trinajstić information content (AvgIpc) is 3.65. The van der Waals surface area contributed by atoms with Gasteiger partial charge in [0.1, 0.15) is 34.2 Å². The van der Waals surface area contributed by atoms with Crippen LogP contribution in [0.2, 0.25) is 0 Å². The van der Waals surface area contributed by atoms with Crippen LogP contribution in [0, 0.1) is 18.6 Å². The molecule has 2 saturated heterocycles. The number of piperazine rings is 1. The number of pyridine rings is 1. The number of methoxy groups -OCH3 is 1. The predicted octanol–water partition coefficient (Wildman–Crippen LogP) is 5.68. The number of halogens is 2. The molecule has 4 heterocycles. The van der Waals surface area contributed by atoms with Crippen LogP contribution >= 0.6 is 0 Å². The molecular formula is C32H34F2N6O4. The lowest BCUT2D eigenvalue weighted by Crippen LogP contribution is -2.50. The summed E-state index contributed by atoms with van der Waals surface area (Å²) in [6, 6.07) is 8.89. The van der Waals surface area contributed by atoms with Crippen LogP contribution in [0.25, 0.3) is 22.3 Å². The minimum atomic E-state index is -0.974. The number of hydrogen-bond donors (Lipinski definition) is 1. The highest BCUT2D eigenvalue weighted by atomic mass is 19.1. The fourth-order valence-electron chi connectivity index (χ4n) is 6.12. The molecule has 1 N–H and O–H groups in total. The first-order chi connectivity index (χ1) is 20.9. The number of carbonyl (C=O) groups excluding carboxylic acids is 2. The number of nitrogens with zero attached hydrogens (tertiary/aromatic N) is 5. The number of ether oxygens (including phenoxy) is 2. The van der Waals surface area contributed by atoms with Gasteiger partial charge in [0.25, 0.3) is 5.91 Å². The molecule has 0 saturated carbocycles. The van der Waals surface area contributed by atoms with Crippen molar-refractivity contribution < 1.29 is 27.8 Å². The van der Waals surface area contributed by atoms with Crippen molar-refractivity contribution in [2.75, 3.05) is 30.4 Å². The van der Waals surface area contributed by atoms with Gasteiger partial charge in [0.05, 0.1) is 41.2 Å². The highest BCUT2D eigenvalue weighted by Gasteiger charge is 2.47. The molecule has 4 aromatic rings. The van der Waals surface area contributed by atoms with Crippen molar-refractivity contribution >= 4 is 34.4 Å². The molecule has 0 spiro atoms. The van der Waals surface area contributed by atoms with E-state index in [2.05, 4.69) is 15.2 Å². The van der Waals surface area contributed by atoms with Crippen LogP contribution in [0.3, 0.4) is 0 Å². The molecule has 0 radical (unpaired) electrons. The summed E-state index contributed by atoms with van der Waals surface area (Å²) in [4.78, 5) is 39.3. The highest BCUT2D eigenvalue weighted by Crippen LogP contribution is 2.43. The standard InChI is InChI=1S/C32H34F2N6O4/c1-17-36-27-23(38(17)5)11-10-22(29(27)39-15-19-14-18(39)16-40(19)31(42)44-32(2,3)4)37-30(41)20-12-13-35-28(26(20)34)25-21(33)8-7-9-24(25)43-6/h7-13,18-19H,14-16H2,1-6H3,(H,37,41)/t18-,19-/m1/s1. The summed E-state index contributed by atoms with van der Waals surface area (Å²) < 4.78 is 43.5. The smallest absolute Gasteiger partial charge is 0.410 e. The zero-order valence-corrected chi connectivity index (χ0v) is 25.4. The van der Waals surface area contributed by atoms with Crippen molar-refractivity contribution in [1.29, 1.82) is 0 Å². The Morgan fingerprint density at radius 3 is 2.52 bits per heavy atom. The van der Waals surface area contributed by atoms with Crippen molar-refractivity contribution in [1.82, 2.24) is 19.4 Å². The normalized spacial score (nSPS) is 17.8. The number of rotatable bonds is 5. The van der Waals surface area contributed by atoms with Gasteiger partial charge in [-0.2, -0.15) is 0 Å². The molecule has 10 nitrogen and oxygen atoms in total. The monoisotopic (exact) mass is 604 g/mol. The molecule has 230 valence electrons. The van der Waals surface area contributed by atoms with Crippen molar-refractivity contribution in [3.63, 3.8) is 0 Å². The van der Waals surface area contributed by atoms with E-state index in [1.165, 1.54) is 37.6 Å². The summed E-state index contributed by atoms with van der Waals surface area (Å²) in [5.74, 6) is -1.55. The van der Waals surface area contributed by atoms with E-state index in [1.807, 2.05) is 45.4 Å². The van der Waals surface area contributed by atoms with Crippen molar-refractivity contribution in [3.8, 4) is 17.0 Å². The molecule has 2 fully saturated rings. The Hall–Kier alpha value is -4.74. The predicted molar refractivity (Wildman–Crippen MR) is 162 cm³/mol. The summed E-state index contributed by atoms with van der Waals surface area (Å²) in [5.41, 5.74) is 1.28. The van der Waals surface area contributed by atoms with E-state index >= 15 is 4.39 Å². The van der Waals surface area contributed by atoms with Gasteiger partial charge in [-0.3, -0.25) is 9.78 Å². The molecular weight excluding hydrogens is 570 g/mol. The van der Waals surface area contributed by atoms with Crippen LogP contribution in [-0.4, -0.2) is 69.3 Å². The van der Waals surface area contributed by atoms with E-state index < -0.39 is 23.1 Å². The van der Waals surface area contributed by atoms with E-state index in [0.29, 0.717) is 30.0 Å². The first-order valence-electron chi connectivity index (χ1n) is 14.4. The summed E-state index contributed by atoms with van der Waals surface area (Å²) in [7, 11) is 3.26. The summed E-state index contributed by atoms with van der Waals surface area (Å²) in [5, 5.41) is 2.88. The van der Waals surface area contributed by atoms with Gasteiger partial charge in [0, 0.05) is 32.4 Å². The molecule has 2 aliphatic rings. The van der Waals surface area contributed by atoms with Gasteiger partial charge in [-0.1, -0.05) is 6.07 Å². The quantitative estimate of drug-likeness (QED) is 0.313. The Morgan fingerprint density at radius 1 is 1.07 bits per heavy atom. The lowest BCUT2D eigenvalue weighted by molar-refractivity contribution is 0.0215. The van der Waals surface area contributed by atoms with Gasteiger partial charge in [0.2, 0.25) is 0 Å². The zero-order valence-electron chi connectivity index (χ0n) is 25.4. The Labute approximate surface area is 253 Å². The number of aromatic nitrogens is 3. The van der Waals surface area contributed by atoms with Crippen molar-refractivity contribution in [2.45, 2.75) is 51.8 Å². The Bertz CT molecular complexity index is 1800. The molecule has 12 heteroatoms. The molecule has 2 amide bonds. The number of imidazole rings is 1. The number of amides is 2. The third-order valence-corrected chi connectivity index (χ3v) is 8.22. The fourth-order valence-corrected chi connectivity index (χ4v) is 6.12. The number of fused-ring (bicyclic) bond motifs is 3. The summed E-state index contributed by atoms with van der Waals surface area (Å²) in [6.07, 6.45) is 1.65. The van der Waals surface area contributed by atoms with Gasteiger partial charge >= 0.3 is 6.09 Å². The molecule has 2 aromatic carbocycles. The number of aryl methyl sites for hydroxylation is 2. The Balaban J connectivity index is 1.35. The molecule has 2 aliphatic heterocycles. The van der Waals surface area contributed by atoms with Crippen LogP contribution in [0.1, 0.15) is 43.4 Å². The van der Waals surface area contributed by atoms with E-state index in [0.717, 1.165) is 17.8 Å². The van der Waals surface area contributed by atoms with Crippen LogP contribution < -0.4 is 15.0 Å². The minimum absolute atomic E-state index is 0.0335. The van der Waals surface area contributed by atoms with Gasteiger partial charge in [-0.05, 0) is 64.4 Å². The highest BCUT2D eigenvalue weighted by molar-refractivity contribution is 6.09. The van der Waals surface area contributed by atoms with Gasteiger partial charge in [-0.25, -0.2) is 18.6 Å². The van der Waals surface area contributed by atoms with E-state index in [9.17, 15) is 14.0 Å². The molecule has 6 rings (SSSR count). The van der Waals surface area contributed by atoms with E-state index in [4.69, 9.17) is 14.5 Å². The third kappa shape index (κ3) is 4.97. The zero-order chi connectivity index (χ0) is 31.5. The summed E-state index contributed by atoms with van der Waals surface area (Å²) in [6.45, 7) is 8.39. The number of carbonyl (C=O) groups is 2. The number of likely N-dealkylation sites (tertiary alicyclic amines) is 1. The second-order valence-electron chi connectivity index (χ2n) is 12.2.